The van der Waals surface area contributed by atoms with Crippen LogP contribution in [0.4, 0.5) is 0 Å². The van der Waals surface area contributed by atoms with Crippen molar-refractivity contribution in [2.45, 2.75) is 52.4 Å². The Bertz CT molecular complexity index is 827. The Hall–Kier alpha value is -2.35. The number of hydrogen-bond donors (Lipinski definition) is 0. The van der Waals surface area contributed by atoms with E-state index in [0.717, 1.165) is 35.6 Å². The summed E-state index contributed by atoms with van der Waals surface area (Å²) in [5, 5.41) is 0.963. The molecule has 0 fully saturated rings. The Balaban J connectivity index is 1.72. The van der Waals surface area contributed by atoms with Crippen molar-refractivity contribution in [3.63, 3.8) is 0 Å². The third-order valence-electron chi connectivity index (χ3n) is 5.34. The number of benzene rings is 3. The Labute approximate surface area is 194 Å². The van der Waals surface area contributed by atoms with Crippen molar-refractivity contribution < 1.29 is 13.6 Å². The first-order valence-electron chi connectivity index (χ1n) is 11.9. The van der Waals surface area contributed by atoms with E-state index in [9.17, 15) is 0 Å². The fourth-order valence-electron chi connectivity index (χ4n) is 3.60. The van der Waals surface area contributed by atoms with Crippen molar-refractivity contribution in [2.75, 3.05) is 6.61 Å². The van der Waals surface area contributed by atoms with E-state index in [1.165, 1.54) is 25.7 Å². The fraction of sp³-hybridized carbons (Fsp3) is 0.357. The molecule has 0 aliphatic carbocycles. The molecular weight excluding hydrogens is 415 g/mol. The zero-order valence-electron chi connectivity index (χ0n) is 19.4. The molecule has 0 unspecified atom stereocenters. The molecule has 4 heteroatoms. The minimum absolute atomic E-state index is 0.616. The molecule has 0 bridgehead atoms. The van der Waals surface area contributed by atoms with Gasteiger partial charge in [-0.3, -0.25) is 0 Å². The van der Waals surface area contributed by atoms with Crippen molar-refractivity contribution in [1.82, 2.24) is 0 Å². The van der Waals surface area contributed by atoms with Gasteiger partial charge in [0.05, 0.1) is 0 Å². The summed E-state index contributed by atoms with van der Waals surface area (Å²) in [4.78, 5) is 0. The van der Waals surface area contributed by atoms with Crippen LogP contribution in [0.5, 0.6) is 11.5 Å². The summed E-state index contributed by atoms with van der Waals surface area (Å²) >= 11 is 0. The van der Waals surface area contributed by atoms with Crippen LogP contribution in [0.3, 0.4) is 0 Å². The average molecular weight is 453 g/mol. The van der Waals surface area contributed by atoms with Crippen molar-refractivity contribution in [1.29, 1.82) is 0 Å². The van der Waals surface area contributed by atoms with Crippen LogP contribution in [0.25, 0.3) is 0 Å². The molecule has 0 aliphatic heterocycles. The second-order valence-corrected chi connectivity index (χ2v) is 10.9. The van der Waals surface area contributed by atoms with Gasteiger partial charge in [0.1, 0.15) is 0 Å². The minimum atomic E-state index is -3.24. The fourth-order valence-corrected chi connectivity index (χ4v) is 6.07. The Morgan fingerprint density at radius 1 is 0.594 bits per heavy atom. The molecule has 3 aromatic rings. The molecule has 0 atom stereocenters. The van der Waals surface area contributed by atoms with E-state index in [4.69, 9.17) is 13.6 Å². The molecule has 0 saturated carbocycles. The molecule has 3 rings (SSSR count). The molecule has 0 N–H and O–H groups in total. The molecule has 0 amide bonds. The average Bonchev–Trinajstić information content (AvgIpc) is 2.82. The van der Waals surface area contributed by atoms with Crippen molar-refractivity contribution in [3.8, 4) is 11.5 Å². The Morgan fingerprint density at radius 2 is 1.06 bits per heavy atom. The molecule has 32 heavy (non-hydrogen) atoms. The first-order valence-corrected chi connectivity index (χ1v) is 13.6. The number of hydrogen-bond acceptors (Lipinski definition) is 3. The van der Waals surface area contributed by atoms with E-state index < -0.39 is 7.94 Å². The van der Waals surface area contributed by atoms with Crippen molar-refractivity contribution in [2.24, 2.45) is 5.92 Å². The van der Waals surface area contributed by atoms with Gasteiger partial charge in [-0.1, -0.05) is 0 Å². The summed E-state index contributed by atoms with van der Waals surface area (Å²) in [5.74, 6) is 2.31. The second kappa shape index (κ2) is 13.3. The summed E-state index contributed by atoms with van der Waals surface area (Å²) < 4.78 is 19.7. The van der Waals surface area contributed by atoms with E-state index in [2.05, 4.69) is 13.8 Å². The Morgan fingerprint density at radius 3 is 1.59 bits per heavy atom. The molecule has 3 aromatic carbocycles. The summed E-state index contributed by atoms with van der Waals surface area (Å²) in [6.45, 7) is 5.20. The number of rotatable bonds is 14. The quantitative estimate of drug-likeness (QED) is 0.183. The second-order valence-electron chi connectivity index (χ2n) is 8.55. The SMILES string of the molecule is CC(C)CCCCCCCO[PH](Oc1ccccc1)(Oc1ccccc1)c1ccccc1. The molecule has 172 valence electrons. The van der Waals surface area contributed by atoms with Crippen molar-refractivity contribution >= 4 is 13.2 Å². The predicted molar refractivity (Wildman–Crippen MR) is 137 cm³/mol. The van der Waals surface area contributed by atoms with Gasteiger partial charge in [0.15, 0.2) is 0 Å². The standard InChI is InChI=1S/C28H37O3P/c1-25(2)17-9-4-3-5-16-24-29-32(28-22-14-8-15-23-28,30-26-18-10-6-11-19-26)31-27-20-12-7-13-21-27/h6-8,10-15,18-23,25,32H,3-5,9,16-17,24H2,1-2H3. The first kappa shape index (κ1) is 24.3. The Kier molecular flexibility index (Phi) is 10.1. The molecule has 0 heterocycles. The maximum absolute atomic E-state index is 6.56. The van der Waals surface area contributed by atoms with Gasteiger partial charge >= 0.3 is 194 Å². The van der Waals surface area contributed by atoms with E-state index in [1.807, 2.05) is 91.0 Å². The van der Waals surface area contributed by atoms with Crippen LogP contribution in [-0.4, -0.2) is 6.61 Å². The summed E-state index contributed by atoms with van der Waals surface area (Å²) in [7, 11) is -3.24. The van der Waals surface area contributed by atoms with Crippen LogP contribution in [0.1, 0.15) is 52.4 Å². The van der Waals surface area contributed by atoms with E-state index in [0.29, 0.717) is 6.61 Å². The van der Waals surface area contributed by atoms with Crippen LogP contribution in [0.2, 0.25) is 0 Å². The third kappa shape index (κ3) is 7.97. The van der Waals surface area contributed by atoms with Crippen LogP contribution in [0.15, 0.2) is 91.0 Å². The molecule has 0 spiro atoms. The van der Waals surface area contributed by atoms with Crippen LogP contribution < -0.4 is 14.4 Å². The molecular formula is C28H37O3P. The molecule has 0 aliphatic rings. The summed E-state index contributed by atoms with van der Waals surface area (Å²) in [6.07, 6.45) is 7.33. The predicted octanol–water partition coefficient (Wildman–Crippen LogP) is 7.98. The van der Waals surface area contributed by atoms with E-state index in [-0.39, 0.29) is 0 Å². The van der Waals surface area contributed by atoms with Gasteiger partial charge in [0.2, 0.25) is 0 Å². The van der Waals surface area contributed by atoms with Crippen LogP contribution in [0, 0.1) is 5.92 Å². The van der Waals surface area contributed by atoms with Gasteiger partial charge in [-0.2, -0.15) is 0 Å². The maximum atomic E-state index is 6.56. The van der Waals surface area contributed by atoms with Crippen LogP contribution >= 0.6 is 7.94 Å². The zero-order chi connectivity index (χ0) is 22.5. The molecule has 0 radical (unpaired) electrons. The summed E-state index contributed by atoms with van der Waals surface area (Å²) in [5.41, 5.74) is 0. The first-order chi connectivity index (χ1) is 15.7. The van der Waals surface area contributed by atoms with Gasteiger partial charge in [-0.05, 0) is 0 Å². The monoisotopic (exact) mass is 452 g/mol. The van der Waals surface area contributed by atoms with Gasteiger partial charge in [0, 0.05) is 0 Å². The van der Waals surface area contributed by atoms with E-state index >= 15 is 0 Å². The third-order valence-corrected chi connectivity index (χ3v) is 7.97. The van der Waals surface area contributed by atoms with Crippen LogP contribution in [-0.2, 0) is 4.52 Å². The normalized spacial score (nSPS) is 12.0. The number of para-hydroxylation sites is 2. The molecule has 3 nitrogen and oxygen atoms in total. The van der Waals surface area contributed by atoms with Gasteiger partial charge in [-0.25, -0.2) is 0 Å². The van der Waals surface area contributed by atoms with Crippen molar-refractivity contribution in [3.05, 3.63) is 91.0 Å². The topological polar surface area (TPSA) is 27.7 Å². The van der Waals surface area contributed by atoms with Gasteiger partial charge in [0.25, 0.3) is 0 Å². The zero-order valence-corrected chi connectivity index (χ0v) is 20.4. The summed E-state index contributed by atoms with van der Waals surface area (Å²) in [6, 6.07) is 29.8. The molecule has 0 saturated heterocycles. The van der Waals surface area contributed by atoms with Gasteiger partial charge in [-0.15, -0.1) is 0 Å². The van der Waals surface area contributed by atoms with E-state index in [1.54, 1.807) is 0 Å². The number of unbranched alkanes of at least 4 members (excludes halogenated alkanes) is 4. The van der Waals surface area contributed by atoms with Gasteiger partial charge < -0.3 is 0 Å². The molecule has 0 aromatic heterocycles.